The molecule has 1 aromatic rings. The molecule has 1 N–H and O–H groups in total. The Kier molecular flexibility index (Phi) is 4.59. The number of rotatable bonds is 6. The molecular formula is C14H21N3O4. The van der Waals surface area contributed by atoms with E-state index in [0.29, 0.717) is 44.1 Å². The first-order valence-electron chi connectivity index (χ1n) is 7.27. The number of carbonyl (C=O) groups is 2. The van der Waals surface area contributed by atoms with E-state index in [1.54, 1.807) is 11.8 Å². The third-order valence-electron chi connectivity index (χ3n) is 4.01. The molecule has 0 bridgehead atoms. The minimum absolute atomic E-state index is 0.0509. The van der Waals surface area contributed by atoms with Gasteiger partial charge in [0.1, 0.15) is 0 Å². The summed E-state index contributed by atoms with van der Waals surface area (Å²) in [7, 11) is 0. The SMILES string of the molecule is CCCC1(C(=O)O)CCN(C(=O)CCc2nc(C)no2)C1. The molecule has 1 unspecified atom stereocenters. The van der Waals surface area contributed by atoms with Gasteiger partial charge >= 0.3 is 5.97 Å². The minimum atomic E-state index is -0.799. The average Bonchev–Trinajstić information content (AvgIpc) is 3.04. The quantitative estimate of drug-likeness (QED) is 0.852. The van der Waals surface area contributed by atoms with Gasteiger partial charge in [-0.25, -0.2) is 0 Å². The average molecular weight is 295 g/mol. The number of aromatic nitrogens is 2. The van der Waals surface area contributed by atoms with Gasteiger partial charge in [0.2, 0.25) is 11.8 Å². The van der Waals surface area contributed by atoms with E-state index in [-0.39, 0.29) is 12.3 Å². The molecule has 1 saturated heterocycles. The summed E-state index contributed by atoms with van der Waals surface area (Å²) in [5.74, 6) is 0.141. The van der Waals surface area contributed by atoms with E-state index in [2.05, 4.69) is 10.1 Å². The number of carboxylic acids is 1. The Bertz CT molecular complexity index is 528. The normalized spacial score (nSPS) is 21.7. The smallest absolute Gasteiger partial charge is 0.311 e. The highest BCUT2D eigenvalue weighted by Gasteiger charge is 2.45. The molecule has 2 rings (SSSR count). The molecule has 0 saturated carbocycles. The zero-order valence-corrected chi connectivity index (χ0v) is 12.5. The second-order valence-corrected chi connectivity index (χ2v) is 5.64. The molecule has 1 amide bonds. The van der Waals surface area contributed by atoms with Crippen molar-refractivity contribution >= 4 is 11.9 Å². The summed E-state index contributed by atoms with van der Waals surface area (Å²) in [5.41, 5.74) is -0.772. The zero-order valence-electron chi connectivity index (χ0n) is 12.5. The fourth-order valence-electron chi connectivity index (χ4n) is 2.86. The van der Waals surface area contributed by atoms with Crippen LogP contribution < -0.4 is 0 Å². The lowest BCUT2D eigenvalue weighted by Crippen LogP contribution is -2.37. The first-order valence-corrected chi connectivity index (χ1v) is 7.27. The number of hydrogen-bond donors (Lipinski definition) is 1. The second-order valence-electron chi connectivity index (χ2n) is 5.64. The topological polar surface area (TPSA) is 96.5 Å². The van der Waals surface area contributed by atoms with Crippen LogP contribution in [-0.4, -0.2) is 45.1 Å². The number of nitrogens with zero attached hydrogens (tertiary/aromatic N) is 3. The highest BCUT2D eigenvalue weighted by molar-refractivity contribution is 5.80. The largest absolute Gasteiger partial charge is 0.481 e. The van der Waals surface area contributed by atoms with Crippen LogP contribution in [0.15, 0.2) is 4.52 Å². The van der Waals surface area contributed by atoms with Crippen LogP contribution in [0.4, 0.5) is 0 Å². The summed E-state index contributed by atoms with van der Waals surface area (Å²) in [6, 6.07) is 0. The van der Waals surface area contributed by atoms with Gasteiger partial charge in [0, 0.05) is 25.9 Å². The Labute approximate surface area is 123 Å². The standard InChI is InChI=1S/C14H21N3O4/c1-3-6-14(13(19)20)7-8-17(9-14)12(18)5-4-11-15-10(2)16-21-11/h3-9H2,1-2H3,(H,19,20). The molecule has 1 fully saturated rings. The van der Waals surface area contributed by atoms with Crippen molar-refractivity contribution in [2.75, 3.05) is 13.1 Å². The van der Waals surface area contributed by atoms with E-state index >= 15 is 0 Å². The van der Waals surface area contributed by atoms with Crippen molar-refractivity contribution in [3.63, 3.8) is 0 Å². The fraction of sp³-hybridized carbons (Fsp3) is 0.714. The van der Waals surface area contributed by atoms with Crippen LogP contribution in [0.5, 0.6) is 0 Å². The number of carbonyl (C=O) groups excluding carboxylic acids is 1. The van der Waals surface area contributed by atoms with E-state index in [9.17, 15) is 14.7 Å². The summed E-state index contributed by atoms with van der Waals surface area (Å²) in [6.07, 6.45) is 2.60. The van der Waals surface area contributed by atoms with Crippen LogP contribution >= 0.6 is 0 Å². The van der Waals surface area contributed by atoms with Crippen LogP contribution in [0.2, 0.25) is 0 Å². The first-order chi connectivity index (χ1) is 9.97. The van der Waals surface area contributed by atoms with Crippen LogP contribution in [-0.2, 0) is 16.0 Å². The predicted octanol–water partition coefficient (Wildman–Crippen LogP) is 1.41. The molecule has 21 heavy (non-hydrogen) atoms. The summed E-state index contributed by atoms with van der Waals surface area (Å²) in [6.45, 7) is 4.50. The summed E-state index contributed by atoms with van der Waals surface area (Å²) >= 11 is 0. The van der Waals surface area contributed by atoms with E-state index in [1.807, 2.05) is 6.92 Å². The predicted molar refractivity (Wildman–Crippen MR) is 73.5 cm³/mol. The molecule has 7 nitrogen and oxygen atoms in total. The molecule has 1 aliphatic rings. The molecule has 0 radical (unpaired) electrons. The van der Waals surface area contributed by atoms with Crippen molar-refractivity contribution in [3.8, 4) is 0 Å². The molecule has 1 aromatic heterocycles. The molecule has 116 valence electrons. The highest BCUT2D eigenvalue weighted by Crippen LogP contribution is 2.35. The number of aryl methyl sites for hydroxylation is 2. The minimum Gasteiger partial charge on any atom is -0.481 e. The molecule has 0 aliphatic carbocycles. The number of hydrogen-bond acceptors (Lipinski definition) is 5. The summed E-state index contributed by atoms with van der Waals surface area (Å²) < 4.78 is 4.97. The lowest BCUT2D eigenvalue weighted by atomic mass is 9.83. The molecule has 7 heteroatoms. The molecule has 2 heterocycles. The summed E-state index contributed by atoms with van der Waals surface area (Å²) in [5, 5.41) is 13.1. The number of aliphatic carboxylic acids is 1. The maximum atomic E-state index is 12.2. The van der Waals surface area contributed by atoms with Gasteiger partial charge in [-0.05, 0) is 19.8 Å². The molecule has 0 aromatic carbocycles. The van der Waals surface area contributed by atoms with Crippen molar-refractivity contribution in [1.82, 2.24) is 15.0 Å². The van der Waals surface area contributed by atoms with Crippen LogP contribution in [0.25, 0.3) is 0 Å². The van der Waals surface area contributed by atoms with Crippen molar-refractivity contribution in [2.45, 2.75) is 46.0 Å². The summed E-state index contributed by atoms with van der Waals surface area (Å²) in [4.78, 5) is 29.4. The Morgan fingerprint density at radius 3 is 2.81 bits per heavy atom. The molecule has 0 spiro atoms. The first kappa shape index (κ1) is 15.5. The van der Waals surface area contributed by atoms with Crippen LogP contribution in [0, 0.1) is 12.3 Å². The van der Waals surface area contributed by atoms with Gasteiger partial charge in [0.15, 0.2) is 5.82 Å². The van der Waals surface area contributed by atoms with Crippen molar-refractivity contribution in [1.29, 1.82) is 0 Å². The van der Waals surface area contributed by atoms with Gasteiger partial charge in [-0.15, -0.1) is 0 Å². The van der Waals surface area contributed by atoms with Crippen molar-refractivity contribution in [3.05, 3.63) is 11.7 Å². The third-order valence-corrected chi connectivity index (χ3v) is 4.01. The van der Waals surface area contributed by atoms with E-state index in [0.717, 1.165) is 6.42 Å². The van der Waals surface area contributed by atoms with Gasteiger partial charge in [-0.3, -0.25) is 9.59 Å². The molecule has 1 atom stereocenters. The zero-order chi connectivity index (χ0) is 15.5. The van der Waals surface area contributed by atoms with Gasteiger partial charge < -0.3 is 14.5 Å². The Morgan fingerprint density at radius 2 is 2.24 bits per heavy atom. The third kappa shape index (κ3) is 3.40. The number of likely N-dealkylation sites (tertiary alicyclic amines) is 1. The van der Waals surface area contributed by atoms with E-state index in [4.69, 9.17) is 4.52 Å². The van der Waals surface area contributed by atoms with Crippen molar-refractivity contribution in [2.24, 2.45) is 5.41 Å². The van der Waals surface area contributed by atoms with Crippen LogP contribution in [0.3, 0.4) is 0 Å². The maximum absolute atomic E-state index is 12.2. The Balaban J connectivity index is 1.91. The van der Waals surface area contributed by atoms with Gasteiger partial charge in [-0.2, -0.15) is 4.98 Å². The molecule has 1 aliphatic heterocycles. The van der Waals surface area contributed by atoms with E-state index < -0.39 is 11.4 Å². The second kappa shape index (κ2) is 6.24. The van der Waals surface area contributed by atoms with Gasteiger partial charge in [0.05, 0.1) is 5.41 Å². The Hall–Kier alpha value is -1.92. The number of carboxylic acid groups (broad SMARTS) is 1. The Morgan fingerprint density at radius 1 is 1.48 bits per heavy atom. The van der Waals surface area contributed by atoms with Crippen molar-refractivity contribution < 1.29 is 19.2 Å². The van der Waals surface area contributed by atoms with Gasteiger partial charge in [-0.1, -0.05) is 18.5 Å². The highest BCUT2D eigenvalue weighted by atomic mass is 16.5. The van der Waals surface area contributed by atoms with Gasteiger partial charge in [0.25, 0.3) is 0 Å². The lowest BCUT2D eigenvalue weighted by molar-refractivity contribution is -0.149. The lowest BCUT2D eigenvalue weighted by Gasteiger charge is -2.24. The maximum Gasteiger partial charge on any atom is 0.311 e. The van der Waals surface area contributed by atoms with Crippen LogP contribution in [0.1, 0.15) is 44.3 Å². The van der Waals surface area contributed by atoms with E-state index in [1.165, 1.54) is 0 Å². The fourth-order valence-corrected chi connectivity index (χ4v) is 2.86. The molecular weight excluding hydrogens is 274 g/mol. The monoisotopic (exact) mass is 295 g/mol. The number of amides is 1.